The molecule has 2 rings (SSSR count). The van der Waals surface area contributed by atoms with Crippen molar-refractivity contribution in [1.29, 1.82) is 0 Å². The summed E-state index contributed by atoms with van der Waals surface area (Å²) in [6.45, 7) is 1.28. The van der Waals surface area contributed by atoms with Gasteiger partial charge in [-0.2, -0.15) is 0 Å². The molecular weight excluding hydrogens is 262 g/mol. The second kappa shape index (κ2) is 8.32. The lowest BCUT2D eigenvalue weighted by molar-refractivity contribution is 0.286. The third kappa shape index (κ3) is 4.50. The van der Waals surface area contributed by atoms with Gasteiger partial charge < -0.3 is 15.2 Å². The van der Waals surface area contributed by atoms with Gasteiger partial charge in [0.25, 0.3) is 0 Å². The van der Waals surface area contributed by atoms with Gasteiger partial charge in [-0.25, -0.2) is 0 Å². The van der Waals surface area contributed by atoms with Crippen LogP contribution in [0.15, 0.2) is 48.5 Å². The fraction of sp³-hybridized carbons (Fsp3) is 0.333. The van der Waals surface area contributed by atoms with Gasteiger partial charge >= 0.3 is 0 Å². The van der Waals surface area contributed by atoms with Crippen LogP contribution < -0.4 is 15.2 Å². The van der Waals surface area contributed by atoms with Crippen LogP contribution in [-0.2, 0) is 12.8 Å². The third-order valence-electron chi connectivity index (χ3n) is 3.39. The Morgan fingerprint density at radius 3 is 2.48 bits per heavy atom. The lowest BCUT2D eigenvalue weighted by Gasteiger charge is -2.14. The minimum atomic E-state index is 0.605. The molecule has 0 aliphatic carbocycles. The summed E-state index contributed by atoms with van der Waals surface area (Å²) in [4.78, 5) is 0. The molecule has 0 aromatic heterocycles. The van der Waals surface area contributed by atoms with Crippen LogP contribution in [0, 0.1) is 0 Å². The van der Waals surface area contributed by atoms with Crippen LogP contribution in [0.25, 0.3) is 0 Å². The summed E-state index contributed by atoms with van der Waals surface area (Å²) in [6, 6.07) is 16.4. The van der Waals surface area contributed by atoms with Crippen molar-refractivity contribution < 1.29 is 9.47 Å². The van der Waals surface area contributed by atoms with Crippen molar-refractivity contribution in [2.75, 3.05) is 20.3 Å². The fourth-order valence-corrected chi connectivity index (χ4v) is 2.33. The molecule has 0 amide bonds. The zero-order valence-corrected chi connectivity index (χ0v) is 12.5. The van der Waals surface area contributed by atoms with E-state index in [2.05, 4.69) is 24.3 Å². The first kappa shape index (κ1) is 15.4. The van der Waals surface area contributed by atoms with Crippen molar-refractivity contribution in [2.45, 2.75) is 19.3 Å². The highest BCUT2D eigenvalue weighted by atomic mass is 16.5. The highest BCUT2D eigenvalue weighted by molar-refractivity contribution is 5.46. The Hall–Kier alpha value is -2.00. The molecule has 0 aliphatic rings. The molecule has 0 aliphatic heterocycles. The summed E-state index contributed by atoms with van der Waals surface area (Å²) < 4.78 is 11.3. The zero-order valence-electron chi connectivity index (χ0n) is 12.5. The Kier molecular flexibility index (Phi) is 6.10. The summed E-state index contributed by atoms with van der Waals surface area (Å²) >= 11 is 0. The molecule has 0 saturated heterocycles. The highest BCUT2D eigenvalue weighted by Crippen LogP contribution is 2.31. The maximum Gasteiger partial charge on any atom is 0.164 e. The fourth-order valence-electron chi connectivity index (χ4n) is 2.33. The van der Waals surface area contributed by atoms with E-state index in [4.69, 9.17) is 15.2 Å². The van der Waals surface area contributed by atoms with E-state index >= 15 is 0 Å². The lowest BCUT2D eigenvalue weighted by Crippen LogP contribution is -2.07. The molecule has 112 valence electrons. The van der Waals surface area contributed by atoms with Crippen LogP contribution in [-0.4, -0.2) is 20.3 Å². The van der Waals surface area contributed by atoms with Crippen molar-refractivity contribution in [1.82, 2.24) is 0 Å². The molecule has 2 N–H and O–H groups in total. The Balaban J connectivity index is 1.92. The monoisotopic (exact) mass is 285 g/mol. The standard InChI is InChI=1S/C18H23NO2/c1-20-17-11-5-10-16(12-13-19)18(17)21-14-6-9-15-7-3-2-4-8-15/h2-5,7-8,10-11H,6,9,12-14,19H2,1H3. The van der Waals surface area contributed by atoms with Crippen LogP contribution in [0.2, 0.25) is 0 Å². The van der Waals surface area contributed by atoms with E-state index in [1.54, 1.807) is 7.11 Å². The van der Waals surface area contributed by atoms with Gasteiger partial charge in [0, 0.05) is 0 Å². The number of ether oxygens (including phenoxy) is 2. The molecule has 3 heteroatoms. The predicted molar refractivity (Wildman–Crippen MR) is 86.0 cm³/mol. The number of para-hydroxylation sites is 1. The maximum atomic E-state index is 5.95. The van der Waals surface area contributed by atoms with Crippen molar-refractivity contribution in [3.05, 3.63) is 59.7 Å². The summed E-state index contributed by atoms with van der Waals surface area (Å²) in [5.41, 5.74) is 8.10. The normalized spacial score (nSPS) is 10.4. The summed E-state index contributed by atoms with van der Waals surface area (Å²) in [7, 11) is 1.67. The van der Waals surface area contributed by atoms with E-state index in [0.29, 0.717) is 13.2 Å². The van der Waals surface area contributed by atoms with Gasteiger partial charge in [0.05, 0.1) is 13.7 Å². The van der Waals surface area contributed by atoms with Gasteiger partial charge in [-0.05, 0) is 43.0 Å². The molecule has 0 radical (unpaired) electrons. The number of methoxy groups -OCH3 is 1. The van der Waals surface area contributed by atoms with Gasteiger partial charge in [-0.1, -0.05) is 42.5 Å². The number of hydrogen-bond acceptors (Lipinski definition) is 3. The molecule has 0 atom stereocenters. The third-order valence-corrected chi connectivity index (χ3v) is 3.39. The van der Waals surface area contributed by atoms with Gasteiger partial charge in [-0.15, -0.1) is 0 Å². The van der Waals surface area contributed by atoms with Gasteiger partial charge in [0.2, 0.25) is 0 Å². The lowest BCUT2D eigenvalue weighted by atomic mass is 10.1. The molecule has 0 spiro atoms. The second-order valence-corrected chi connectivity index (χ2v) is 4.92. The van der Waals surface area contributed by atoms with Crippen molar-refractivity contribution in [3.63, 3.8) is 0 Å². The highest BCUT2D eigenvalue weighted by Gasteiger charge is 2.09. The molecule has 0 saturated carbocycles. The van der Waals surface area contributed by atoms with Crippen molar-refractivity contribution >= 4 is 0 Å². The topological polar surface area (TPSA) is 44.5 Å². The predicted octanol–water partition coefficient (Wildman–Crippen LogP) is 3.21. The van der Waals surface area contributed by atoms with Crippen LogP contribution in [0.4, 0.5) is 0 Å². The second-order valence-electron chi connectivity index (χ2n) is 4.92. The first-order valence-corrected chi connectivity index (χ1v) is 7.38. The number of aryl methyl sites for hydroxylation is 1. The Bertz CT molecular complexity index is 540. The summed E-state index contributed by atoms with van der Waals surface area (Å²) in [6.07, 6.45) is 2.79. The molecule has 0 bridgehead atoms. The molecule has 2 aromatic carbocycles. The average molecular weight is 285 g/mol. The van der Waals surface area contributed by atoms with Crippen LogP contribution >= 0.6 is 0 Å². The molecule has 2 aromatic rings. The van der Waals surface area contributed by atoms with E-state index in [-0.39, 0.29) is 0 Å². The molecule has 0 fully saturated rings. The van der Waals surface area contributed by atoms with Crippen molar-refractivity contribution in [3.8, 4) is 11.5 Å². The zero-order chi connectivity index (χ0) is 14.9. The molecule has 0 heterocycles. The average Bonchev–Trinajstić information content (AvgIpc) is 2.53. The quantitative estimate of drug-likeness (QED) is 0.757. The van der Waals surface area contributed by atoms with E-state index in [9.17, 15) is 0 Å². The Labute approximate surface area is 126 Å². The van der Waals surface area contributed by atoms with Gasteiger partial charge in [0.1, 0.15) is 0 Å². The SMILES string of the molecule is COc1cccc(CCN)c1OCCCc1ccccc1. The number of hydrogen-bond donors (Lipinski definition) is 1. The van der Waals surface area contributed by atoms with E-state index in [1.165, 1.54) is 5.56 Å². The number of benzene rings is 2. The maximum absolute atomic E-state index is 5.95. The van der Waals surface area contributed by atoms with Gasteiger partial charge in [-0.3, -0.25) is 0 Å². The van der Waals surface area contributed by atoms with Crippen LogP contribution in [0.5, 0.6) is 11.5 Å². The largest absolute Gasteiger partial charge is 0.493 e. The van der Waals surface area contributed by atoms with E-state index in [1.807, 2.05) is 24.3 Å². The minimum Gasteiger partial charge on any atom is -0.493 e. The Morgan fingerprint density at radius 2 is 1.76 bits per heavy atom. The van der Waals surface area contributed by atoms with E-state index in [0.717, 1.165) is 36.3 Å². The van der Waals surface area contributed by atoms with E-state index < -0.39 is 0 Å². The smallest absolute Gasteiger partial charge is 0.164 e. The van der Waals surface area contributed by atoms with Crippen LogP contribution in [0.3, 0.4) is 0 Å². The van der Waals surface area contributed by atoms with Gasteiger partial charge in [0.15, 0.2) is 11.5 Å². The molecule has 21 heavy (non-hydrogen) atoms. The number of rotatable bonds is 8. The summed E-state index contributed by atoms with van der Waals surface area (Å²) in [5.74, 6) is 1.61. The first-order valence-electron chi connectivity index (χ1n) is 7.38. The van der Waals surface area contributed by atoms with Crippen LogP contribution in [0.1, 0.15) is 17.5 Å². The first-order chi connectivity index (χ1) is 10.3. The Morgan fingerprint density at radius 1 is 0.952 bits per heavy atom. The molecule has 3 nitrogen and oxygen atoms in total. The summed E-state index contributed by atoms with van der Waals surface area (Å²) in [5, 5.41) is 0. The van der Waals surface area contributed by atoms with Crippen molar-refractivity contribution in [2.24, 2.45) is 5.73 Å². The molecule has 0 unspecified atom stereocenters. The molecular formula is C18H23NO2. The minimum absolute atomic E-state index is 0.605. The number of nitrogens with two attached hydrogens (primary N) is 1.